The molecule has 1 aliphatic carbocycles. The summed E-state index contributed by atoms with van der Waals surface area (Å²) in [6.45, 7) is 12.9. The number of rotatable bonds is 2. The van der Waals surface area contributed by atoms with E-state index in [2.05, 4.69) is 90.1 Å². The lowest BCUT2D eigenvalue weighted by Crippen LogP contribution is -2.41. The summed E-state index contributed by atoms with van der Waals surface area (Å²) in [6.07, 6.45) is 1.86. The fourth-order valence-corrected chi connectivity index (χ4v) is 4.75. The minimum Gasteiger partial charge on any atom is -0.399 e. The van der Waals surface area contributed by atoms with Crippen molar-refractivity contribution in [3.8, 4) is 22.4 Å². The van der Waals surface area contributed by atoms with Crippen molar-refractivity contribution < 1.29 is 9.31 Å². The van der Waals surface area contributed by atoms with Gasteiger partial charge in [-0.25, -0.2) is 0 Å². The van der Waals surface area contributed by atoms with Crippen molar-refractivity contribution in [3.05, 3.63) is 71.9 Å². The average Bonchev–Trinajstić information content (AvgIpc) is 3.08. The third-order valence-electron chi connectivity index (χ3n) is 7.21. The topological polar surface area (TPSA) is 31.4 Å². The van der Waals surface area contributed by atoms with Crippen LogP contribution in [0.4, 0.5) is 0 Å². The van der Waals surface area contributed by atoms with Gasteiger partial charge >= 0.3 is 7.12 Å². The summed E-state index contributed by atoms with van der Waals surface area (Å²) in [7, 11) is -0.445. The molecular formula is C26H28BNO2. The molecule has 1 aliphatic heterocycles. The Hall–Kier alpha value is -2.43. The van der Waals surface area contributed by atoms with Gasteiger partial charge in [-0.05, 0) is 56.0 Å². The van der Waals surface area contributed by atoms with E-state index in [-0.39, 0.29) is 5.41 Å². The molecule has 0 radical (unpaired) electrons. The first-order valence-corrected chi connectivity index (χ1v) is 10.7. The van der Waals surface area contributed by atoms with E-state index in [1.807, 2.05) is 12.3 Å². The molecule has 0 N–H and O–H groups in total. The van der Waals surface area contributed by atoms with Crippen LogP contribution in [0.15, 0.2) is 60.8 Å². The lowest BCUT2D eigenvalue weighted by atomic mass is 9.75. The molecule has 0 amide bonds. The molecule has 2 heterocycles. The summed E-state index contributed by atoms with van der Waals surface area (Å²) in [4.78, 5) is 4.83. The van der Waals surface area contributed by atoms with Gasteiger partial charge in [-0.2, -0.15) is 0 Å². The molecule has 0 unspecified atom stereocenters. The van der Waals surface area contributed by atoms with Gasteiger partial charge in [0.2, 0.25) is 0 Å². The van der Waals surface area contributed by atoms with Crippen molar-refractivity contribution in [2.24, 2.45) is 0 Å². The van der Waals surface area contributed by atoms with Crippen LogP contribution in [0.5, 0.6) is 0 Å². The number of fused-ring (bicyclic) bond motifs is 3. The standard InChI is InChI=1S/C26H28BNO2/c1-24(2)19-13-8-7-11-17(19)22-18(12-9-14-20(22)24)23-21(15-10-16-28-23)27-29-25(3,4)26(5,6)30-27/h7-16H,1-6H3. The highest BCUT2D eigenvalue weighted by atomic mass is 16.7. The maximum absolute atomic E-state index is 6.38. The Morgan fingerprint density at radius 2 is 1.33 bits per heavy atom. The highest BCUT2D eigenvalue weighted by Crippen LogP contribution is 2.51. The molecule has 4 heteroatoms. The number of hydrogen-bond donors (Lipinski definition) is 0. The normalized spacial score (nSPS) is 20.1. The molecule has 3 nitrogen and oxygen atoms in total. The van der Waals surface area contributed by atoms with Crippen molar-refractivity contribution >= 4 is 12.6 Å². The highest BCUT2D eigenvalue weighted by molar-refractivity contribution is 6.63. The molecule has 30 heavy (non-hydrogen) atoms. The molecule has 1 fully saturated rings. The van der Waals surface area contributed by atoms with Crippen molar-refractivity contribution in [3.63, 3.8) is 0 Å². The van der Waals surface area contributed by atoms with Crippen molar-refractivity contribution in [1.29, 1.82) is 0 Å². The molecule has 3 aromatic rings. The second-order valence-corrected chi connectivity index (χ2v) is 9.93. The van der Waals surface area contributed by atoms with Crippen molar-refractivity contribution in [2.75, 3.05) is 0 Å². The van der Waals surface area contributed by atoms with Crippen LogP contribution in [-0.4, -0.2) is 23.3 Å². The zero-order valence-electron chi connectivity index (χ0n) is 18.6. The zero-order chi connectivity index (χ0) is 21.3. The van der Waals surface area contributed by atoms with Crippen LogP contribution < -0.4 is 5.46 Å². The number of aromatic nitrogens is 1. The molecule has 2 aromatic carbocycles. The van der Waals surface area contributed by atoms with Gasteiger partial charge in [0.25, 0.3) is 0 Å². The Labute approximate surface area is 179 Å². The maximum Gasteiger partial charge on any atom is 0.497 e. The summed E-state index contributed by atoms with van der Waals surface area (Å²) >= 11 is 0. The van der Waals surface area contributed by atoms with Gasteiger partial charge in [-0.1, -0.05) is 62.4 Å². The number of nitrogens with zero attached hydrogens (tertiary/aromatic N) is 1. The predicted octanol–water partition coefficient (Wildman–Crippen LogP) is 5.35. The Balaban J connectivity index is 1.71. The molecule has 1 saturated heterocycles. The van der Waals surface area contributed by atoms with E-state index in [4.69, 9.17) is 14.3 Å². The van der Waals surface area contributed by atoms with Crippen molar-refractivity contribution in [2.45, 2.75) is 58.2 Å². The van der Waals surface area contributed by atoms with Gasteiger partial charge in [-0.3, -0.25) is 4.98 Å². The predicted molar refractivity (Wildman–Crippen MR) is 123 cm³/mol. The summed E-state index contributed by atoms with van der Waals surface area (Å²) in [5.41, 5.74) is 7.49. The molecule has 0 saturated carbocycles. The first-order valence-electron chi connectivity index (χ1n) is 10.7. The SMILES string of the molecule is CC1(C)c2ccccc2-c2c(-c3ncccc3B3OC(C)(C)C(C)(C)O3)cccc21. The highest BCUT2D eigenvalue weighted by Gasteiger charge is 2.52. The molecule has 1 aromatic heterocycles. The number of pyridine rings is 1. The van der Waals surface area contributed by atoms with Gasteiger partial charge in [0.05, 0.1) is 16.9 Å². The lowest BCUT2D eigenvalue weighted by Gasteiger charge is -2.32. The monoisotopic (exact) mass is 397 g/mol. The van der Waals surface area contributed by atoms with Gasteiger partial charge in [0, 0.05) is 22.6 Å². The summed E-state index contributed by atoms with van der Waals surface area (Å²) in [5, 5.41) is 0. The van der Waals surface area contributed by atoms with Crippen LogP contribution in [0.1, 0.15) is 52.7 Å². The number of hydrogen-bond acceptors (Lipinski definition) is 3. The fourth-order valence-electron chi connectivity index (χ4n) is 4.75. The summed E-state index contributed by atoms with van der Waals surface area (Å²) in [6, 6.07) is 19.3. The molecule has 0 bridgehead atoms. The third-order valence-corrected chi connectivity index (χ3v) is 7.21. The van der Waals surface area contributed by atoms with E-state index >= 15 is 0 Å². The second-order valence-electron chi connectivity index (χ2n) is 9.93. The van der Waals surface area contributed by atoms with E-state index < -0.39 is 18.3 Å². The molecule has 0 spiro atoms. The van der Waals surface area contributed by atoms with Crippen LogP contribution >= 0.6 is 0 Å². The van der Waals surface area contributed by atoms with Crippen LogP contribution in [0.25, 0.3) is 22.4 Å². The largest absolute Gasteiger partial charge is 0.497 e. The smallest absolute Gasteiger partial charge is 0.399 e. The Kier molecular flexibility index (Phi) is 4.09. The number of benzene rings is 2. The van der Waals surface area contributed by atoms with E-state index in [0.717, 1.165) is 16.7 Å². The van der Waals surface area contributed by atoms with E-state index in [9.17, 15) is 0 Å². The van der Waals surface area contributed by atoms with Crippen LogP contribution in [0, 0.1) is 0 Å². The van der Waals surface area contributed by atoms with Crippen LogP contribution in [-0.2, 0) is 14.7 Å². The summed E-state index contributed by atoms with van der Waals surface area (Å²) in [5.74, 6) is 0. The quantitative estimate of drug-likeness (QED) is 0.546. The molecular weight excluding hydrogens is 369 g/mol. The second kappa shape index (κ2) is 6.29. The fraction of sp³-hybridized carbons (Fsp3) is 0.346. The minimum atomic E-state index is -0.445. The molecule has 152 valence electrons. The average molecular weight is 397 g/mol. The first-order chi connectivity index (χ1) is 14.1. The molecule has 2 aliphatic rings. The van der Waals surface area contributed by atoms with Crippen LogP contribution in [0.3, 0.4) is 0 Å². The van der Waals surface area contributed by atoms with Gasteiger partial charge in [-0.15, -0.1) is 0 Å². The third kappa shape index (κ3) is 2.63. The van der Waals surface area contributed by atoms with Crippen molar-refractivity contribution in [1.82, 2.24) is 4.98 Å². The zero-order valence-corrected chi connectivity index (χ0v) is 18.6. The van der Waals surface area contributed by atoms with Gasteiger partial charge in [0.1, 0.15) is 0 Å². The molecule has 0 atom stereocenters. The Morgan fingerprint density at radius 1 is 0.700 bits per heavy atom. The van der Waals surface area contributed by atoms with E-state index in [1.54, 1.807) is 0 Å². The lowest BCUT2D eigenvalue weighted by molar-refractivity contribution is 0.00578. The maximum atomic E-state index is 6.38. The van der Waals surface area contributed by atoms with Gasteiger partial charge < -0.3 is 9.31 Å². The first kappa shape index (κ1) is 19.5. The Bertz CT molecular complexity index is 1130. The molecule has 5 rings (SSSR count). The minimum absolute atomic E-state index is 0.0405. The van der Waals surface area contributed by atoms with Crippen LogP contribution in [0.2, 0.25) is 0 Å². The van der Waals surface area contributed by atoms with Gasteiger partial charge in [0.15, 0.2) is 0 Å². The van der Waals surface area contributed by atoms with E-state index in [1.165, 1.54) is 22.3 Å². The Morgan fingerprint density at radius 3 is 2.07 bits per heavy atom. The summed E-state index contributed by atoms with van der Waals surface area (Å²) < 4.78 is 12.8. The van der Waals surface area contributed by atoms with E-state index in [0.29, 0.717) is 0 Å².